The summed E-state index contributed by atoms with van der Waals surface area (Å²) in [4.78, 5) is 21.7. The molecule has 0 rings (SSSR count). The Labute approximate surface area is 96.3 Å². The van der Waals surface area contributed by atoms with Gasteiger partial charge in [-0.2, -0.15) is 0 Å². The van der Waals surface area contributed by atoms with E-state index in [0.29, 0.717) is 6.42 Å². The smallest absolute Gasteiger partial charge is 0.331 e. The highest BCUT2D eigenvalue weighted by Gasteiger charge is 2.12. The normalized spacial score (nSPS) is 11.2. The molecule has 0 aromatic carbocycles. The molecule has 0 fully saturated rings. The molecule has 0 bridgehead atoms. The summed E-state index contributed by atoms with van der Waals surface area (Å²) >= 11 is 0. The third kappa shape index (κ3) is 7.04. The van der Waals surface area contributed by atoms with Crippen molar-refractivity contribution in [1.82, 2.24) is 0 Å². The molecule has 4 nitrogen and oxygen atoms in total. The second-order valence-electron chi connectivity index (χ2n) is 3.64. The average molecular weight is 228 g/mol. The summed E-state index contributed by atoms with van der Waals surface area (Å²) in [6.07, 6.45) is 6.54. The lowest BCUT2D eigenvalue weighted by molar-refractivity contribution is -0.142. The van der Waals surface area contributed by atoms with E-state index in [1.54, 1.807) is 6.08 Å². The molecule has 0 saturated heterocycles. The highest BCUT2D eigenvalue weighted by molar-refractivity contribution is 5.92. The predicted molar refractivity (Wildman–Crippen MR) is 61.1 cm³/mol. The molecular weight excluding hydrogens is 208 g/mol. The van der Waals surface area contributed by atoms with Gasteiger partial charge in [-0.05, 0) is 12.8 Å². The van der Waals surface area contributed by atoms with Crippen molar-refractivity contribution in [2.45, 2.75) is 45.4 Å². The van der Waals surface area contributed by atoms with Crippen LogP contribution in [0.5, 0.6) is 0 Å². The molecule has 92 valence electrons. The van der Waals surface area contributed by atoms with Gasteiger partial charge in [-0.3, -0.25) is 4.79 Å². The topological polar surface area (TPSA) is 63.6 Å². The minimum absolute atomic E-state index is 0.128. The van der Waals surface area contributed by atoms with Gasteiger partial charge < -0.3 is 9.84 Å². The molecular formula is C12H20O4. The summed E-state index contributed by atoms with van der Waals surface area (Å²) in [6.45, 7) is 2.12. The summed E-state index contributed by atoms with van der Waals surface area (Å²) in [5, 5.41) is 8.84. The van der Waals surface area contributed by atoms with Crippen molar-refractivity contribution in [3.8, 4) is 0 Å². The Morgan fingerprint density at radius 1 is 1.25 bits per heavy atom. The van der Waals surface area contributed by atoms with Crippen molar-refractivity contribution in [3.63, 3.8) is 0 Å². The molecule has 0 spiro atoms. The zero-order chi connectivity index (χ0) is 12.4. The molecule has 16 heavy (non-hydrogen) atoms. The van der Waals surface area contributed by atoms with Crippen LogP contribution in [-0.2, 0) is 14.3 Å². The number of hydrogen-bond acceptors (Lipinski definition) is 3. The Balaban J connectivity index is 4.05. The minimum atomic E-state index is -1.04. The summed E-state index contributed by atoms with van der Waals surface area (Å²) in [6, 6.07) is 0. The van der Waals surface area contributed by atoms with Crippen molar-refractivity contribution in [1.29, 1.82) is 0 Å². The number of allylic oxidation sites excluding steroid dienone is 1. The molecule has 1 N–H and O–H groups in total. The summed E-state index contributed by atoms with van der Waals surface area (Å²) in [5.41, 5.74) is 0.128. The van der Waals surface area contributed by atoms with Crippen LogP contribution in [0.2, 0.25) is 0 Å². The lowest BCUT2D eigenvalue weighted by Gasteiger charge is -2.01. The maximum absolute atomic E-state index is 10.9. The first kappa shape index (κ1) is 14.7. The fraction of sp³-hybridized carbons (Fsp3) is 0.667. The molecule has 0 unspecified atom stereocenters. The van der Waals surface area contributed by atoms with Gasteiger partial charge in [-0.25, -0.2) is 4.79 Å². The molecule has 0 aliphatic heterocycles. The fourth-order valence-corrected chi connectivity index (χ4v) is 1.31. The summed E-state index contributed by atoms with van der Waals surface area (Å²) in [7, 11) is 1.25. The second-order valence-corrected chi connectivity index (χ2v) is 3.64. The quantitative estimate of drug-likeness (QED) is 0.394. The molecule has 0 amide bonds. The number of carbonyl (C=O) groups is 2. The molecule has 0 aromatic rings. The van der Waals surface area contributed by atoms with Gasteiger partial charge in [0.25, 0.3) is 0 Å². The zero-order valence-electron chi connectivity index (χ0n) is 9.99. The standard InChI is InChI=1S/C12H20O4/c1-3-4-5-6-7-8-10(12(14)15)9-11(13)16-2/h8H,3-7,9H2,1-2H3,(H,14,15). The third-order valence-corrected chi connectivity index (χ3v) is 2.29. The minimum Gasteiger partial charge on any atom is -0.478 e. The monoisotopic (exact) mass is 228 g/mol. The number of hydrogen-bond donors (Lipinski definition) is 1. The average Bonchev–Trinajstić information content (AvgIpc) is 2.26. The van der Waals surface area contributed by atoms with Gasteiger partial charge in [0.05, 0.1) is 13.5 Å². The zero-order valence-corrected chi connectivity index (χ0v) is 9.99. The van der Waals surface area contributed by atoms with Crippen LogP contribution in [0.1, 0.15) is 45.4 Å². The Hall–Kier alpha value is -1.32. The van der Waals surface area contributed by atoms with Gasteiger partial charge in [-0.15, -0.1) is 0 Å². The molecule has 0 radical (unpaired) electrons. The number of rotatable bonds is 8. The Morgan fingerprint density at radius 2 is 1.94 bits per heavy atom. The van der Waals surface area contributed by atoms with Crippen molar-refractivity contribution < 1.29 is 19.4 Å². The summed E-state index contributed by atoms with van der Waals surface area (Å²) < 4.78 is 4.43. The van der Waals surface area contributed by atoms with E-state index >= 15 is 0 Å². The van der Waals surface area contributed by atoms with Crippen LogP contribution in [0.4, 0.5) is 0 Å². The van der Waals surface area contributed by atoms with E-state index in [4.69, 9.17) is 5.11 Å². The van der Waals surface area contributed by atoms with Gasteiger partial charge in [0.15, 0.2) is 0 Å². The Kier molecular flexibility index (Phi) is 8.21. The van der Waals surface area contributed by atoms with E-state index < -0.39 is 11.9 Å². The van der Waals surface area contributed by atoms with Gasteiger partial charge in [0.1, 0.15) is 0 Å². The molecule has 0 aliphatic carbocycles. The Morgan fingerprint density at radius 3 is 2.44 bits per heavy atom. The molecule has 0 saturated carbocycles. The van der Waals surface area contributed by atoms with Crippen molar-refractivity contribution in [2.24, 2.45) is 0 Å². The predicted octanol–water partition coefficient (Wildman–Crippen LogP) is 2.53. The number of aliphatic carboxylic acids is 1. The number of methoxy groups -OCH3 is 1. The van der Waals surface area contributed by atoms with Crippen LogP contribution in [0, 0.1) is 0 Å². The van der Waals surface area contributed by atoms with Gasteiger partial charge in [0, 0.05) is 5.57 Å². The van der Waals surface area contributed by atoms with Crippen molar-refractivity contribution in [3.05, 3.63) is 11.6 Å². The van der Waals surface area contributed by atoms with E-state index in [2.05, 4.69) is 11.7 Å². The fourth-order valence-electron chi connectivity index (χ4n) is 1.31. The first-order chi connectivity index (χ1) is 7.61. The number of esters is 1. The lowest BCUT2D eigenvalue weighted by Crippen LogP contribution is -2.08. The first-order valence-electron chi connectivity index (χ1n) is 5.61. The number of ether oxygens (including phenoxy) is 1. The SMILES string of the molecule is CCCCCCC=C(CC(=O)OC)C(=O)O. The van der Waals surface area contributed by atoms with Crippen molar-refractivity contribution in [2.75, 3.05) is 7.11 Å². The van der Waals surface area contributed by atoms with Crippen molar-refractivity contribution >= 4 is 11.9 Å². The van der Waals surface area contributed by atoms with Crippen LogP contribution in [0.15, 0.2) is 11.6 Å². The van der Waals surface area contributed by atoms with E-state index in [1.165, 1.54) is 7.11 Å². The van der Waals surface area contributed by atoms with Gasteiger partial charge in [-0.1, -0.05) is 32.3 Å². The van der Waals surface area contributed by atoms with Crippen LogP contribution < -0.4 is 0 Å². The van der Waals surface area contributed by atoms with E-state index in [1.807, 2.05) is 0 Å². The largest absolute Gasteiger partial charge is 0.478 e. The number of carboxylic acid groups (broad SMARTS) is 1. The lowest BCUT2D eigenvalue weighted by atomic mass is 10.1. The Bertz CT molecular complexity index is 256. The maximum Gasteiger partial charge on any atom is 0.331 e. The van der Waals surface area contributed by atoms with Gasteiger partial charge >= 0.3 is 11.9 Å². The van der Waals surface area contributed by atoms with Crippen LogP contribution in [0.3, 0.4) is 0 Å². The molecule has 4 heteroatoms. The summed E-state index contributed by atoms with van der Waals surface area (Å²) in [5.74, 6) is -1.55. The van der Waals surface area contributed by atoms with Crippen LogP contribution >= 0.6 is 0 Å². The van der Waals surface area contributed by atoms with Gasteiger partial charge in [0.2, 0.25) is 0 Å². The molecule has 0 heterocycles. The highest BCUT2D eigenvalue weighted by atomic mass is 16.5. The van der Waals surface area contributed by atoms with E-state index in [9.17, 15) is 9.59 Å². The van der Waals surface area contributed by atoms with E-state index in [0.717, 1.165) is 25.7 Å². The van der Waals surface area contributed by atoms with Crippen LogP contribution in [-0.4, -0.2) is 24.2 Å². The first-order valence-corrected chi connectivity index (χ1v) is 5.61. The molecule has 0 aliphatic rings. The van der Waals surface area contributed by atoms with E-state index in [-0.39, 0.29) is 12.0 Å². The number of carboxylic acids is 1. The van der Waals surface area contributed by atoms with Crippen LogP contribution in [0.25, 0.3) is 0 Å². The maximum atomic E-state index is 10.9. The third-order valence-electron chi connectivity index (χ3n) is 2.29. The number of carbonyl (C=O) groups excluding carboxylic acids is 1. The molecule has 0 aromatic heterocycles. The highest BCUT2D eigenvalue weighted by Crippen LogP contribution is 2.09. The number of unbranched alkanes of at least 4 members (excludes halogenated alkanes) is 4. The second kappa shape index (κ2) is 8.95. The molecule has 0 atom stereocenters.